The van der Waals surface area contributed by atoms with Crippen LogP contribution < -0.4 is 9.47 Å². The summed E-state index contributed by atoms with van der Waals surface area (Å²) in [5, 5.41) is 1.76. The van der Waals surface area contributed by atoms with Gasteiger partial charge in [-0.05, 0) is 48.6 Å². The topological polar surface area (TPSA) is 34.2 Å². The molecule has 4 heteroatoms. The van der Waals surface area contributed by atoms with E-state index < -0.39 is 0 Å². The van der Waals surface area contributed by atoms with Gasteiger partial charge < -0.3 is 14.5 Å². The molecule has 0 unspecified atom stereocenters. The minimum Gasteiger partial charge on any atom is -0.497 e. The van der Waals surface area contributed by atoms with Crippen molar-refractivity contribution >= 4 is 34.7 Å². The first kappa shape index (κ1) is 14.5. The molecule has 1 heterocycles. The summed E-state index contributed by atoms with van der Waals surface area (Å²) in [6.45, 7) is 0. The van der Waals surface area contributed by atoms with Crippen molar-refractivity contribution in [1.82, 2.24) is 4.98 Å². The lowest BCUT2D eigenvalue weighted by Crippen LogP contribution is -1.87. The third-order valence-corrected chi connectivity index (χ3v) is 3.84. The van der Waals surface area contributed by atoms with Crippen LogP contribution in [0.1, 0.15) is 11.3 Å². The number of H-pyrrole nitrogens is 1. The molecule has 3 aromatic rings. The molecule has 0 amide bonds. The standard InChI is InChI=1S/C18H16ClNO2/c1-21-14-7-9-17-12(11-14)10-13(20-17)6-8-15-16(19)4-3-5-18(15)22-2/h3-11,20H,1-2H3/b8-6+. The van der Waals surface area contributed by atoms with Crippen molar-refractivity contribution in [2.45, 2.75) is 0 Å². The van der Waals surface area contributed by atoms with Crippen LogP contribution in [-0.2, 0) is 0 Å². The smallest absolute Gasteiger partial charge is 0.127 e. The summed E-state index contributed by atoms with van der Waals surface area (Å²) < 4.78 is 10.6. The molecule has 0 saturated carbocycles. The fraction of sp³-hybridized carbons (Fsp3) is 0.111. The molecule has 0 fully saturated rings. The number of ether oxygens (including phenoxy) is 2. The normalized spacial score (nSPS) is 11.2. The fourth-order valence-corrected chi connectivity index (χ4v) is 2.61. The maximum absolute atomic E-state index is 6.23. The predicted molar refractivity (Wildman–Crippen MR) is 91.8 cm³/mol. The van der Waals surface area contributed by atoms with Crippen LogP contribution in [0.3, 0.4) is 0 Å². The summed E-state index contributed by atoms with van der Waals surface area (Å²) in [6.07, 6.45) is 3.93. The van der Waals surface area contributed by atoms with Gasteiger partial charge in [0.2, 0.25) is 0 Å². The van der Waals surface area contributed by atoms with Crippen LogP contribution in [0.5, 0.6) is 11.5 Å². The van der Waals surface area contributed by atoms with E-state index >= 15 is 0 Å². The largest absolute Gasteiger partial charge is 0.497 e. The van der Waals surface area contributed by atoms with Gasteiger partial charge in [-0.3, -0.25) is 0 Å². The highest BCUT2D eigenvalue weighted by Crippen LogP contribution is 2.29. The molecule has 0 aliphatic carbocycles. The number of nitrogens with one attached hydrogen (secondary N) is 1. The highest BCUT2D eigenvalue weighted by Gasteiger charge is 2.05. The minimum atomic E-state index is 0.661. The number of aromatic amines is 1. The molecule has 2 aromatic carbocycles. The molecular weight excluding hydrogens is 298 g/mol. The molecule has 0 bridgehead atoms. The molecule has 0 radical (unpaired) electrons. The number of hydrogen-bond donors (Lipinski definition) is 1. The van der Waals surface area contributed by atoms with E-state index in [-0.39, 0.29) is 0 Å². The second-order valence-electron chi connectivity index (χ2n) is 4.87. The number of fused-ring (bicyclic) bond motifs is 1. The molecule has 3 rings (SSSR count). The van der Waals surface area contributed by atoms with Gasteiger partial charge in [-0.1, -0.05) is 17.7 Å². The number of aromatic nitrogens is 1. The van der Waals surface area contributed by atoms with Crippen LogP contribution in [0.15, 0.2) is 42.5 Å². The van der Waals surface area contributed by atoms with Crippen LogP contribution in [0, 0.1) is 0 Å². The lowest BCUT2D eigenvalue weighted by atomic mass is 10.1. The zero-order chi connectivity index (χ0) is 15.5. The molecule has 0 aliphatic rings. The summed E-state index contributed by atoms with van der Waals surface area (Å²) in [6, 6.07) is 13.6. The van der Waals surface area contributed by atoms with E-state index in [0.717, 1.165) is 33.7 Å². The Hall–Kier alpha value is -2.39. The highest BCUT2D eigenvalue weighted by atomic mass is 35.5. The van der Waals surface area contributed by atoms with Crippen LogP contribution in [0.2, 0.25) is 5.02 Å². The quantitative estimate of drug-likeness (QED) is 0.734. The molecule has 3 nitrogen and oxygen atoms in total. The van der Waals surface area contributed by atoms with Gasteiger partial charge in [0, 0.05) is 22.2 Å². The van der Waals surface area contributed by atoms with Gasteiger partial charge in [0.05, 0.1) is 19.2 Å². The van der Waals surface area contributed by atoms with Crippen molar-refractivity contribution in [1.29, 1.82) is 0 Å². The van der Waals surface area contributed by atoms with Crippen LogP contribution in [0.25, 0.3) is 23.1 Å². The first-order valence-electron chi connectivity index (χ1n) is 6.88. The SMILES string of the molecule is COc1ccc2[nH]c(/C=C/c3c(Cl)cccc3OC)cc2c1. The van der Waals surface area contributed by atoms with Crippen molar-refractivity contribution in [3.05, 3.63) is 58.7 Å². The molecule has 0 saturated heterocycles. The van der Waals surface area contributed by atoms with Crippen molar-refractivity contribution < 1.29 is 9.47 Å². The molecule has 0 atom stereocenters. The Balaban J connectivity index is 1.96. The third-order valence-electron chi connectivity index (χ3n) is 3.51. The van der Waals surface area contributed by atoms with Gasteiger partial charge in [-0.25, -0.2) is 0 Å². The Morgan fingerprint density at radius 1 is 1.00 bits per heavy atom. The minimum absolute atomic E-state index is 0.661. The van der Waals surface area contributed by atoms with E-state index in [1.165, 1.54) is 0 Å². The van der Waals surface area contributed by atoms with Crippen molar-refractivity contribution in [3.63, 3.8) is 0 Å². The van der Waals surface area contributed by atoms with Gasteiger partial charge >= 0.3 is 0 Å². The fourth-order valence-electron chi connectivity index (χ4n) is 2.38. The Labute approximate surface area is 134 Å². The van der Waals surface area contributed by atoms with E-state index in [0.29, 0.717) is 5.02 Å². The Morgan fingerprint density at radius 3 is 2.64 bits per heavy atom. The summed E-state index contributed by atoms with van der Waals surface area (Å²) in [5.74, 6) is 1.59. The van der Waals surface area contributed by atoms with Crippen molar-refractivity contribution in [3.8, 4) is 11.5 Å². The molecule has 112 valence electrons. The lowest BCUT2D eigenvalue weighted by Gasteiger charge is -2.05. The summed E-state index contributed by atoms with van der Waals surface area (Å²) >= 11 is 6.23. The zero-order valence-corrected chi connectivity index (χ0v) is 13.1. The van der Waals surface area contributed by atoms with E-state index in [2.05, 4.69) is 11.1 Å². The number of halogens is 1. The number of methoxy groups -OCH3 is 2. The number of rotatable bonds is 4. The average molecular weight is 314 g/mol. The first-order valence-corrected chi connectivity index (χ1v) is 7.26. The Bertz CT molecular complexity index is 836. The highest BCUT2D eigenvalue weighted by molar-refractivity contribution is 6.32. The van der Waals surface area contributed by atoms with E-state index in [1.54, 1.807) is 14.2 Å². The van der Waals surface area contributed by atoms with Crippen LogP contribution in [0.4, 0.5) is 0 Å². The van der Waals surface area contributed by atoms with E-state index in [4.69, 9.17) is 21.1 Å². The maximum atomic E-state index is 6.23. The van der Waals surface area contributed by atoms with Crippen LogP contribution in [-0.4, -0.2) is 19.2 Å². The Morgan fingerprint density at radius 2 is 1.86 bits per heavy atom. The van der Waals surface area contributed by atoms with Crippen LogP contribution >= 0.6 is 11.6 Å². The number of benzene rings is 2. The second kappa shape index (κ2) is 6.16. The van der Waals surface area contributed by atoms with E-state index in [9.17, 15) is 0 Å². The van der Waals surface area contributed by atoms with Gasteiger partial charge in [0.1, 0.15) is 11.5 Å². The maximum Gasteiger partial charge on any atom is 0.127 e. The van der Waals surface area contributed by atoms with Gasteiger partial charge in [-0.15, -0.1) is 0 Å². The van der Waals surface area contributed by atoms with Gasteiger partial charge in [-0.2, -0.15) is 0 Å². The predicted octanol–water partition coefficient (Wildman–Crippen LogP) is 5.01. The molecule has 22 heavy (non-hydrogen) atoms. The summed E-state index contributed by atoms with van der Waals surface area (Å²) in [7, 11) is 3.30. The lowest BCUT2D eigenvalue weighted by molar-refractivity contribution is 0.414. The first-order chi connectivity index (χ1) is 10.7. The molecule has 0 spiro atoms. The molecule has 1 aromatic heterocycles. The number of hydrogen-bond acceptors (Lipinski definition) is 2. The second-order valence-corrected chi connectivity index (χ2v) is 5.27. The van der Waals surface area contributed by atoms with Crippen molar-refractivity contribution in [2.24, 2.45) is 0 Å². The molecule has 0 aliphatic heterocycles. The van der Waals surface area contributed by atoms with Gasteiger partial charge in [0.15, 0.2) is 0 Å². The average Bonchev–Trinajstić information content (AvgIpc) is 2.95. The zero-order valence-electron chi connectivity index (χ0n) is 12.4. The third kappa shape index (κ3) is 2.81. The Kier molecular flexibility index (Phi) is 4.07. The summed E-state index contributed by atoms with van der Waals surface area (Å²) in [4.78, 5) is 3.35. The van der Waals surface area contributed by atoms with Gasteiger partial charge in [0.25, 0.3) is 0 Å². The van der Waals surface area contributed by atoms with Crippen molar-refractivity contribution in [2.75, 3.05) is 14.2 Å². The molecular formula is C18H16ClNO2. The molecule has 1 N–H and O–H groups in total. The monoisotopic (exact) mass is 313 g/mol. The van der Waals surface area contributed by atoms with E-state index in [1.807, 2.05) is 48.6 Å². The summed E-state index contributed by atoms with van der Waals surface area (Å²) in [5.41, 5.74) is 2.92.